The zero-order valence-electron chi connectivity index (χ0n) is 10.4. The van der Waals surface area contributed by atoms with Gasteiger partial charge in [-0.15, -0.1) is 0 Å². The van der Waals surface area contributed by atoms with Crippen molar-refractivity contribution in [2.75, 3.05) is 13.1 Å². The number of rotatable bonds is 2. The first-order valence-electron chi connectivity index (χ1n) is 5.92. The number of likely N-dealkylation sites (tertiary alicyclic amines) is 1. The lowest BCUT2D eigenvalue weighted by Gasteiger charge is -2.27. The van der Waals surface area contributed by atoms with Crippen LogP contribution in [0.15, 0.2) is 30.3 Å². The molecule has 0 bridgehead atoms. The number of alkyl halides is 3. The van der Waals surface area contributed by atoms with Crippen molar-refractivity contribution in [3.05, 3.63) is 35.9 Å². The van der Waals surface area contributed by atoms with E-state index in [4.69, 9.17) is 5.11 Å². The summed E-state index contributed by atoms with van der Waals surface area (Å²) in [5, 5.41) is 8.91. The minimum Gasteiger partial charge on any atom is -0.481 e. The van der Waals surface area contributed by atoms with Gasteiger partial charge in [0.05, 0.1) is 0 Å². The number of hydrogen-bond acceptors (Lipinski definition) is 2. The van der Waals surface area contributed by atoms with Gasteiger partial charge in [0.25, 0.3) is 5.91 Å². The SMILES string of the molecule is O=C(c1ccccc1)N1CCC(C(=O)O)(C(F)(F)F)C1. The van der Waals surface area contributed by atoms with Crippen molar-refractivity contribution in [3.63, 3.8) is 0 Å². The zero-order valence-corrected chi connectivity index (χ0v) is 10.4. The third kappa shape index (κ3) is 2.23. The maximum Gasteiger partial charge on any atom is 0.406 e. The first-order valence-corrected chi connectivity index (χ1v) is 5.92. The molecule has 1 aromatic carbocycles. The Balaban J connectivity index is 2.24. The second-order valence-corrected chi connectivity index (χ2v) is 4.73. The molecule has 2 rings (SSSR count). The lowest BCUT2D eigenvalue weighted by atomic mass is 9.86. The molecule has 0 radical (unpaired) electrons. The molecular formula is C13H12F3NO3. The van der Waals surface area contributed by atoms with E-state index >= 15 is 0 Å². The molecule has 1 aliphatic rings. The first kappa shape index (κ1) is 14.4. The summed E-state index contributed by atoms with van der Waals surface area (Å²) in [6.45, 7) is -1.07. The van der Waals surface area contributed by atoms with Crippen molar-refractivity contribution in [2.24, 2.45) is 5.41 Å². The summed E-state index contributed by atoms with van der Waals surface area (Å²) in [6.07, 6.45) is -5.51. The molecule has 0 spiro atoms. The van der Waals surface area contributed by atoms with E-state index in [2.05, 4.69) is 0 Å². The number of benzene rings is 1. The van der Waals surface area contributed by atoms with E-state index in [0.717, 1.165) is 4.90 Å². The molecular weight excluding hydrogens is 275 g/mol. The Morgan fingerprint density at radius 2 is 1.80 bits per heavy atom. The lowest BCUT2D eigenvalue weighted by molar-refractivity contribution is -0.227. The molecule has 0 saturated carbocycles. The summed E-state index contributed by atoms with van der Waals surface area (Å²) in [5.74, 6) is -2.52. The number of hydrogen-bond donors (Lipinski definition) is 1. The van der Waals surface area contributed by atoms with Crippen molar-refractivity contribution in [1.29, 1.82) is 0 Å². The molecule has 1 saturated heterocycles. The van der Waals surface area contributed by atoms with Crippen LogP contribution in [0.5, 0.6) is 0 Å². The Hall–Kier alpha value is -2.05. The molecule has 1 heterocycles. The van der Waals surface area contributed by atoms with E-state index in [9.17, 15) is 22.8 Å². The zero-order chi connectivity index (χ0) is 15.0. The number of carbonyl (C=O) groups excluding carboxylic acids is 1. The smallest absolute Gasteiger partial charge is 0.406 e. The molecule has 1 fully saturated rings. The molecule has 7 heteroatoms. The second kappa shape index (κ2) is 4.81. The van der Waals surface area contributed by atoms with E-state index in [-0.39, 0.29) is 12.1 Å². The van der Waals surface area contributed by atoms with Crippen molar-refractivity contribution in [1.82, 2.24) is 4.90 Å². The molecule has 1 aliphatic heterocycles. The van der Waals surface area contributed by atoms with Gasteiger partial charge in [0.15, 0.2) is 5.41 Å². The predicted molar refractivity (Wildman–Crippen MR) is 63.1 cm³/mol. The van der Waals surface area contributed by atoms with Crippen molar-refractivity contribution in [2.45, 2.75) is 12.6 Å². The number of carbonyl (C=O) groups is 2. The summed E-state index contributed by atoms with van der Waals surface area (Å²) in [4.78, 5) is 24.0. The summed E-state index contributed by atoms with van der Waals surface area (Å²) in [6, 6.07) is 7.83. The molecule has 108 valence electrons. The van der Waals surface area contributed by atoms with E-state index in [1.54, 1.807) is 18.2 Å². The Morgan fingerprint density at radius 3 is 2.25 bits per heavy atom. The summed E-state index contributed by atoms with van der Waals surface area (Å²) >= 11 is 0. The fraction of sp³-hybridized carbons (Fsp3) is 0.385. The maximum absolute atomic E-state index is 13.0. The molecule has 1 atom stereocenters. The fourth-order valence-corrected chi connectivity index (χ4v) is 2.27. The van der Waals surface area contributed by atoms with Crippen LogP contribution >= 0.6 is 0 Å². The topological polar surface area (TPSA) is 57.6 Å². The Labute approximate surface area is 112 Å². The van der Waals surface area contributed by atoms with Crippen LogP contribution < -0.4 is 0 Å². The van der Waals surface area contributed by atoms with Crippen LogP contribution in [0.1, 0.15) is 16.8 Å². The number of halogens is 3. The Morgan fingerprint density at radius 1 is 1.20 bits per heavy atom. The highest BCUT2D eigenvalue weighted by molar-refractivity contribution is 5.95. The molecule has 0 aliphatic carbocycles. The summed E-state index contributed by atoms with van der Waals surface area (Å²) in [5.41, 5.74) is -2.62. The highest BCUT2D eigenvalue weighted by atomic mass is 19.4. The molecule has 1 amide bonds. The van der Waals surface area contributed by atoms with Gasteiger partial charge in [-0.3, -0.25) is 9.59 Å². The monoisotopic (exact) mass is 287 g/mol. The predicted octanol–water partition coefficient (Wildman–Crippen LogP) is 2.17. The number of amides is 1. The molecule has 20 heavy (non-hydrogen) atoms. The second-order valence-electron chi connectivity index (χ2n) is 4.73. The molecule has 4 nitrogen and oxygen atoms in total. The Bertz CT molecular complexity index is 529. The average molecular weight is 287 g/mol. The highest BCUT2D eigenvalue weighted by Crippen LogP contribution is 2.45. The fourth-order valence-electron chi connectivity index (χ4n) is 2.27. The minimum atomic E-state index is -4.88. The quantitative estimate of drug-likeness (QED) is 0.907. The number of carboxylic acids is 1. The van der Waals surface area contributed by atoms with Gasteiger partial charge in [-0.2, -0.15) is 13.2 Å². The normalized spacial score (nSPS) is 22.9. The van der Waals surface area contributed by atoms with E-state index < -0.39 is 36.4 Å². The number of carboxylic acid groups (broad SMARTS) is 1. The highest BCUT2D eigenvalue weighted by Gasteiger charge is 2.64. The maximum atomic E-state index is 13.0. The van der Waals surface area contributed by atoms with Gasteiger partial charge in [-0.05, 0) is 18.6 Å². The van der Waals surface area contributed by atoms with Gasteiger partial charge >= 0.3 is 12.1 Å². The van der Waals surface area contributed by atoms with Crippen molar-refractivity contribution in [3.8, 4) is 0 Å². The van der Waals surface area contributed by atoms with Gasteiger partial charge in [-0.1, -0.05) is 18.2 Å². The molecule has 0 aromatic heterocycles. The standard InChI is InChI=1S/C13H12F3NO3/c14-13(15,16)12(11(19)20)6-7-17(8-12)10(18)9-4-2-1-3-5-9/h1-5H,6-8H2,(H,19,20). The summed E-state index contributed by atoms with van der Waals surface area (Å²) < 4.78 is 39.0. The van der Waals surface area contributed by atoms with Crippen molar-refractivity contribution >= 4 is 11.9 Å². The van der Waals surface area contributed by atoms with Gasteiger partial charge in [-0.25, -0.2) is 0 Å². The van der Waals surface area contributed by atoms with Crippen LogP contribution in [0.4, 0.5) is 13.2 Å². The third-order valence-electron chi connectivity index (χ3n) is 3.53. The van der Waals surface area contributed by atoms with Gasteiger partial charge in [0.1, 0.15) is 0 Å². The van der Waals surface area contributed by atoms with E-state index in [0.29, 0.717) is 0 Å². The number of nitrogens with zero attached hydrogens (tertiary/aromatic N) is 1. The van der Waals surface area contributed by atoms with Crippen molar-refractivity contribution < 1.29 is 27.9 Å². The van der Waals surface area contributed by atoms with Gasteiger partial charge in [0.2, 0.25) is 0 Å². The van der Waals surface area contributed by atoms with Crippen LogP contribution in [0.3, 0.4) is 0 Å². The largest absolute Gasteiger partial charge is 0.481 e. The van der Waals surface area contributed by atoms with Gasteiger partial charge < -0.3 is 10.0 Å². The molecule has 1 unspecified atom stereocenters. The molecule has 1 N–H and O–H groups in total. The van der Waals surface area contributed by atoms with E-state index in [1.807, 2.05) is 0 Å². The van der Waals surface area contributed by atoms with Gasteiger partial charge in [0, 0.05) is 18.7 Å². The van der Waals surface area contributed by atoms with Crippen LogP contribution in [-0.4, -0.2) is 41.1 Å². The van der Waals surface area contributed by atoms with Crippen LogP contribution in [0.25, 0.3) is 0 Å². The van der Waals surface area contributed by atoms with E-state index in [1.165, 1.54) is 12.1 Å². The summed E-state index contributed by atoms with van der Waals surface area (Å²) in [7, 11) is 0. The van der Waals surface area contributed by atoms with Crippen LogP contribution in [-0.2, 0) is 4.79 Å². The molecule has 1 aromatic rings. The average Bonchev–Trinajstić information content (AvgIpc) is 2.85. The minimum absolute atomic E-state index is 0.223. The van der Waals surface area contributed by atoms with Crippen LogP contribution in [0, 0.1) is 5.41 Å². The van der Waals surface area contributed by atoms with Crippen LogP contribution in [0.2, 0.25) is 0 Å². The lowest BCUT2D eigenvalue weighted by Crippen LogP contribution is -2.47. The number of aliphatic carboxylic acids is 1. The Kier molecular flexibility index (Phi) is 3.45. The third-order valence-corrected chi connectivity index (χ3v) is 3.53. The first-order chi connectivity index (χ1) is 9.28.